The summed E-state index contributed by atoms with van der Waals surface area (Å²) in [6.45, 7) is 6.43. The monoisotopic (exact) mass is 260 g/mol. The van der Waals surface area contributed by atoms with Crippen molar-refractivity contribution in [1.29, 1.82) is 0 Å². The summed E-state index contributed by atoms with van der Waals surface area (Å²) in [5.74, 6) is 1.90. The van der Waals surface area contributed by atoms with Gasteiger partial charge in [-0.15, -0.1) is 0 Å². The minimum absolute atomic E-state index is 0.531. The van der Waals surface area contributed by atoms with Crippen LogP contribution in [0.4, 0.5) is 5.69 Å². The third-order valence-electron chi connectivity index (χ3n) is 3.43. The number of piperazine rings is 1. The fourth-order valence-corrected chi connectivity index (χ4v) is 2.44. The van der Waals surface area contributed by atoms with Crippen LogP contribution in [0.15, 0.2) is 29.3 Å². The Hall–Kier alpha value is -1.75. The van der Waals surface area contributed by atoms with E-state index >= 15 is 0 Å². The van der Waals surface area contributed by atoms with Crippen molar-refractivity contribution in [3.63, 3.8) is 0 Å². The van der Waals surface area contributed by atoms with E-state index in [-0.39, 0.29) is 0 Å². The highest BCUT2D eigenvalue weighted by Gasteiger charge is 2.15. The van der Waals surface area contributed by atoms with E-state index in [9.17, 15) is 0 Å². The van der Waals surface area contributed by atoms with E-state index in [0.717, 1.165) is 50.9 Å². The number of amidine groups is 1. The molecular weight excluding hydrogens is 240 g/mol. The molecule has 102 valence electrons. The van der Waals surface area contributed by atoms with Crippen molar-refractivity contribution in [3.8, 4) is 5.75 Å². The molecule has 0 atom stereocenters. The first kappa shape index (κ1) is 12.3. The molecule has 1 aromatic rings. The summed E-state index contributed by atoms with van der Waals surface area (Å²) in [7, 11) is 0. The molecule has 5 nitrogen and oxygen atoms in total. The summed E-state index contributed by atoms with van der Waals surface area (Å²) in [6, 6.07) is 8.25. The van der Waals surface area contributed by atoms with E-state index in [0.29, 0.717) is 6.61 Å². The van der Waals surface area contributed by atoms with Gasteiger partial charge in [-0.05, 0) is 12.1 Å². The number of nitrogens with one attached hydrogen (secondary N) is 2. The quantitative estimate of drug-likeness (QED) is 0.826. The third-order valence-corrected chi connectivity index (χ3v) is 3.43. The lowest BCUT2D eigenvalue weighted by molar-refractivity contribution is 0.372. The van der Waals surface area contributed by atoms with Crippen molar-refractivity contribution in [2.24, 2.45) is 4.99 Å². The van der Waals surface area contributed by atoms with Gasteiger partial charge < -0.3 is 20.3 Å². The predicted molar refractivity (Wildman–Crippen MR) is 77.3 cm³/mol. The van der Waals surface area contributed by atoms with E-state index in [4.69, 9.17) is 4.74 Å². The summed E-state index contributed by atoms with van der Waals surface area (Å²) in [5, 5.41) is 6.60. The van der Waals surface area contributed by atoms with Crippen LogP contribution < -0.4 is 20.3 Å². The van der Waals surface area contributed by atoms with Gasteiger partial charge in [0.2, 0.25) is 0 Å². The number of benzene rings is 1. The molecule has 0 radical (unpaired) electrons. The van der Waals surface area contributed by atoms with Crippen LogP contribution in [-0.4, -0.2) is 51.7 Å². The Labute approximate surface area is 113 Å². The number of hydrogen-bond acceptors (Lipinski definition) is 5. The Balaban J connectivity index is 1.69. The Morgan fingerprint density at radius 3 is 2.79 bits per heavy atom. The second kappa shape index (κ2) is 5.93. The SMILES string of the molecule is c1ccc(N2CCNCC2)c(OCC2=NCCN2)c1. The maximum Gasteiger partial charge on any atom is 0.145 e. The molecule has 0 aromatic heterocycles. The maximum atomic E-state index is 5.92. The van der Waals surface area contributed by atoms with Crippen molar-refractivity contribution >= 4 is 11.5 Å². The lowest BCUT2D eigenvalue weighted by Crippen LogP contribution is -2.43. The van der Waals surface area contributed by atoms with Crippen LogP contribution in [-0.2, 0) is 0 Å². The second-order valence-electron chi connectivity index (χ2n) is 4.75. The van der Waals surface area contributed by atoms with Gasteiger partial charge in [-0.25, -0.2) is 0 Å². The molecule has 2 heterocycles. The average Bonchev–Trinajstić information content (AvgIpc) is 3.00. The average molecular weight is 260 g/mol. The molecule has 19 heavy (non-hydrogen) atoms. The highest BCUT2D eigenvalue weighted by molar-refractivity contribution is 5.85. The van der Waals surface area contributed by atoms with Crippen LogP contribution >= 0.6 is 0 Å². The van der Waals surface area contributed by atoms with E-state index in [1.807, 2.05) is 12.1 Å². The molecular formula is C14H20N4O. The van der Waals surface area contributed by atoms with Gasteiger partial charge >= 0.3 is 0 Å². The molecule has 0 unspecified atom stereocenters. The summed E-state index contributed by atoms with van der Waals surface area (Å²) in [5.41, 5.74) is 1.18. The van der Waals surface area contributed by atoms with Gasteiger partial charge in [0.05, 0.1) is 12.2 Å². The lowest BCUT2D eigenvalue weighted by atomic mass is 10.2. The zero-order valence-corrected chi connectivity index (χ0v) is 11.1. The number of ether oxygens (including phenoxy) is 1. The van der Waals surface area contributed by atoms with Gasteiger partial charge in [0.15, 0.2) is 0 Å². The van der Waals surface area contributed by atoms with Crippen molar-refractivity contribution in [2.45, 2.75) is 0 Å². The van der Waals surface area contributed by atoms with Gasteiger partial charge in [-0.2, -0.15) is 0 Å². The first-order chi connectivity index (χ1) is 9.43. The number of hydrogen-bond donors (Lipinski definition) is 2. The molecule has 5 heteroatoms. The second-order valence-corrected chi connectivity index (χ2v) is 4.75. The molecule has 1 fully saturated rings. The fourth-order valence-electron chi connectivity index (χ4n) is 2.44. The maximum absolute atomic E-state index is 5.92. The molecule has 1 aromatic carbocycles. The third kappa shape index (κ3) is 2.98. The highest BCUT2D eigenvalue weighted by atomic mass is 16.5. The van der Waals surface area contributed by atoms with Gasteiger partial charge in [-0.3, -0.25) is 4.99 Å². The molecule has 2 aliphatic heterocycles. The zero-order chi connectivity index (χ0) is 12.9. The van der Waals surface area contributed by atoms with Gasteiger partial charge in [-0.1, -0.05) is 12.1 Å². The van der Waals surface area contributed by atoms with Crippen LogP contribution in [0, 0.1) is 0 Å². The van der Waals surface area contributed by atoms with Crippen molar-refractivity contribution in [2.75, 3.05) is 50.8 Å². The Morgan fingerprint density at radius 2 is 2.00 bits per heavy atom. The van der Waals surface area contributed by atoms with Crippen LogP contribution in [0.1, 0.15) is 0 Å². The van der Waals surface area contributed by atoms with E-state index in [1.54, 1.807) is 0 Å². The van der Waals surface area contributed by atoms with Crippen molar-refractivity contribution < 1.29 is 4.74 Å². The minimum Gasteiger partial charge on any atom is -0.484 e. The standard InChI is InChI=1S/C14H20N4O/c1-2-4-13(19-11-14-16-5-6-17-14)12(3-1)18-9-7-15-8-10-18/h1-4,15H,5-11H2,(H,16,17). The minimum atomic E-state index is 0.531. The summed E-state index contributed by atoms with van der Waals surface area (Å²) >= 11 is 0. The van der Waals surface area contributed by atoms with Crippen LogP contribution in [0.25, 0.3) is 0 Å². The molecule has 0 aliphatic carbocycles. The molecule has 1 saturated heterocycles. The molecule has 2 N–H and O–H groups in total. The van der Waals surface area contributed by atoms with Gasteiger partial charge in [0, 0.05) is 32.7 Å². The number of nitrogens with zero attached hydrogens (tertiary/aromatic N) is 2. The fraction of sp³-hybridized carbons (Fsp3) is 0.500. The lowest BCUT2D eigenvalue weighted by Gasteiger charge is -2.30. The number of rotatable bonds is 4. The first-order valence-electron chi connectivity index (χ1n) is 6.88. The number of aliphatic imine (C=N–C) groups is 1. The van der Waals surface area contributed by atoms with Gasteiger partial charge in [0.25, 0.3) is 0 Å². The van der Waals surface area contributed by atoms with Crippen LogP contribution in [0.5, 0.6) is 5.75 Å². The predicted octanol–water partition coefficient (Wildman–Crippen LogP) is 0.477. The summed E-state index contributed by atoms with van der Waals surface area (Å²) < 4.78 is 5.92. The smallest absolute Gasteiger partial charge is 0.145 e. The topological polar surface area (TPSA) is 48.9 Å². The largest absolute Gasteiger partial charge is 0.484 e. The van der Waals surface area contributed by atoms with Gasteiger partial charge in [0.1, 0.15) is 18.2 Å². The molecule has 3 rings (SSSR count). The summed E-state index contributed by atoms with van der Waals surface area (Å²) in [4.78, 5) is 6.72. The number of para-hydroxylation sites is 2. The highest BCUT2D eigenvalue weighted by Crippen LogP contribution is 2.28. The van der Waals surface area contributed by atoms with Crippen molar-refractivity contribution in [3.05, 3.63) is 24.3 Å². The van der Waals surface area contributed by atoms with Crippen LogP contribution in [0.2, 0.25) is 0 Å². The Morgan fingerprint density at radius 1 is 1.16 bits per heavy atom. The van der Waals surface area contributed by atoms with E-state index in [1.165, 1.54) is 5.69 Å². The Kier molecular flexibility index (Phi) is 3.83. The molecule has 0 saturated carbocycles. The molecule has 0 amide bonds. The summed E-state index contributed by atoms with van der Waals surface area (Å²) in [6.07, 6.45) is 0. The van der Waals surface area contributed by atoms with Crippen molar-refractivity contribution in [1.82, 2.24) is 10.6 Å². The van der Waals surface area contributed by atoms with Crippen LogP contribution in [0.3, 0.4) is 0 Å². The zero-order valence-electron chi connectivity index (χ0n) is 11.1. The molecule has 0 spiro atoms. The first-order valence-corrected chi connectivity index (χ1v) is 6.88. The Bertz CT molecular complexity index is 455. The number of anilines is 1. The molecule has 2 aliphatic rings. The normalized spacial score (nSPS) is 18.9. The van der Waals surface area contributed by atoms with E-state index in [2.05, 4.69) is 32.7 Å². The molecule has 0 bridgehead atoms. The van der Waals surface area contributed by atoms with E-state index < -0.39 is 0 Å².